The molecule has 1 N–H and O–H groups in total. The maximum Gasteiger partial charge on any atom is 0.335 e. The van der Waals surface area contributed by atoms with Gasteiger partial charge in [0.1, 0.15) is 0 Å². The normalized spacial score (nSPS) is 14.9. The van der Waals surface area contributed by atoms with E-state index in [1.54, 1.807) is 12.1 Å². The fraction of sp³-hybridized carbons (Fsp3) is 0.500. The smallest absolute Gasteiger partial charge is 0.335 e. The second kappa shape index (κ2) is 5.31. The summed E-state index contributed by atoms with van der Waals surface area (Å²) in [4.78, 5) is 13.4. The van der Waals surface area contributed by atoms with Crippen LogP contribution in [0.5, 0.6) is 0 Å². The van der Waals surface area contributed by atoms with Crippen LogP contribution in [0.4, 0.5) is 5.69 Å². The van der Waals surface area contributed by atoms with Gasteiger partial charge in [0.25, 0.3) is 0 Å². The van der Waals surface area contributed by atoms with Crippen LogP contribution < -0.4 is 4.90 Å². The van der Waals surface area contributed by atoms with Gasteiger partial charge in [-0.1, -0.05) is 15.9 Å². The number of halogens is 1. The maximum absolute atomic E-state index is 11.1. The summed E-state index contributed by atoms with van der Waals surface area (Å²) in [5.41, 5.74) is 1.32. The fourth-order valence-corrected chi connectivity index (χ4v) is 2.54. The van der Waals surface area contributed by atoms with Crippen molar-refractivity contribution in [1.82, 2.24) is 0 Å². The average molecular weight is 312 g/mol. The molecule has 0 heterocycles. The summed E-state index contributed by atoms with van der Waals surface area (Å²) in [5.74, 6) is -0.104. The van der Waals surface area contributed by atoms with E-state index in [-0.39, 0.29) is 0 Å². The predicted octanol–water partition coefficient (Wildman–Crippen LogP) is 3.77. The van der Waals surface area contributed by atoms with Crippen LogP contribution in [-0.2, 0) is 0 Å². The van der Waals surface area contributed by atoms with Crippen LogP contribution in [-0.4, -0.2) is 23.7 Å². The number of carbonyl (C=O) groups is 1. The number of carboxylic acid groups (broad SMARTS) is 1. The summed E-state index contributed by atoms with van der Waals surface area (Å²) in [7, 11) is 0. The third kappa shape index (κ3) is 3.25. The van der Waals surface area contributed by atoms with Gasteiger partial charge in [-0.3, -0.25) is 0 Å². The highest BCUT2D eigenvalue weighted by atomic mass is 79.9. The third-order valence-corrected chi connectivity index (χ3v) is 3.69. The molecule has 0 unspecified atom stereocenters. The molecular weight excluding hydrogens is 294 g/mol. The molecular formula is C14H18BrNO2. The molecule has 18 heavy (non-hydrogen) atoms. The Hall–Kier alpha value is -1.03. The minimum atomic E-state index is -0.882. The first-order chi connectivity index (χ1) is 8.47. The number of benzene rings is 1. The molecule has 0 amide bonds. The van der Waals surface area contributed by atoms with Crippen molar-refractivity contribution < 1.29 is 9.90 Å². The number of carboxylic acids is 1. The molecule has 0 atom stereocenters. The highest BCUT2D eigenvalue weighted by Crippen LogP contribution is 2.33. The lowest BCUT2D eigenvalue weighted by atomic mass is 10.1. The molecule has 0 aromatic heterocycles. The lowest BCUT2D eigenvalue weighted by Gasteiger charge is -2.29. The van der Waals surface area contributed by atoms with Crippen LogP contribution >= 0.6 is 15.9 Å². The Bertz CT molecular complexity index is 455. The van der Waals surface area contributed by atoms with E-state index in [9.17, 15) is 4.79 Å². The van der Waals surface area contributed by atoms with Gasteiger partial charge in [0.15, 0.2) is 0 Å². The zero-order valence-electron chi connectivity index (χ0n) is 10.7. The third-order valence-electron chi connectivity index (χ3n) is 3.24. The first-order valence-corrected chi connectivity index (χ1v) is 7.07. The van der Waals surface area contributed by atoms with Crippen molar-refractivity contribution in [2.24, 2.45) is 5.92 Å². The molecule has 0 saturated heterocycles. The maximum atomic E-state index is 11.1. The second-order valence-electron chi connectivity index (χ2n) is 5.19. The molecule has 1 aromatic rings. The van der Waals surface area contributed by atoms with E-state index in [0.29, 0.717) is 11.6 Å². The first kappa shape index (κ1) is 13.4. The van der Waals surface area contributed by atoms with Gasteiger partial charge in [0.05, 0.1) is 5.56 Å². The molecule has 1 fully saturated rings. The lowest BCUT2D eigenvalue weighted by molar-refractivity contribution is 0.0697. The van der Waals surface area contributed by atoms with E-state index in [2.05, 4.69) is 34.7 Å². The van der Waals surface area contributed by atoms with Gasteiger partial charge in [-0.2, -0.15) is 0 Å². The Morgan fingerprint density at radius 3 is 2.61 bits per heavy atom. The van der Waals surface area contributed by atoms with Gasteiger partial charge in [0, 0.05) is 22.7 Å². The van der Waals surface area contributed by atoms with Crippen LogP contribution in [0.25, 0.3) is 0 Å². The zero-order chi connectivity index (χ0) is 13.3. The molecule has 1 aliphatic carbocycles. The number of aromatic carboxylic acids is 1. The minimum absolute atomic E-state index is 0.334. The molecule has 0 spiro atoms. The molecule has 3 nitrogen and oxygen atoms in total. The van der Waals surface area contributed by atoms with Crippen LogP contribution in [0, 0.1) is 5.92 Å². The van der Waals surface area contributed by atoms with Crippen molar-refractivity contribution in [2.45, 2.75) is 32.7 Å². The highest BCUT2D eigenvalue weighted by Gasteiger charge is 2.26. The van der Waals surface area contributed by atoms with Crippen molar-refractivity contribution in [1.29, 1.82) is 0 Å². The summed E-state index contributed by atoms with van der Waals surface area (Å²) in [6.07, 6.45) is 2.59. The summed E-state index contributed by atoms with van der Waals surface area (Å²) in [6.45, 7) is 5.31. The highest BCUT2D eigenvalue weighted by molar-refractivity contribution is 9.10. The Morgan fingerprint density at radius 2 is 2.11 bits per heavy atom. The van der Waals surface area contributed by atoms with Gasteiger partial charge >= 0.3 is 5.97 Å². The van der Waals surface area contributed by atoms with E-state index < -0.39 is 5.97 Å². The zero-order valence-corrected chi connectivity index (χ0v) is 12.3. The standard InChI is InChI=1S/C14H18BrNO2/c1-9(2)16(8-10-3-4-10)13-6-11(14(17)18)5-12(15)7-13/h5-7,9-10H,3-4,8H2,1-2H3,(H,17,18). The molecule has 0 aliphatic heterocycles. The van der Waals surface area contributed by atoms with Gasteiger partial charge in [0.2, 0.25) is 0 Å². The van der Waals surface area contributed by atoms with Crippen molar-refractivity contribution in [3.05, 3.63) is 28.2 Å². The Labute approximate surface area is 116 Å². The van der Waals surface area contributed by atoms with Crippen LogP contribution in [0.3, 0.4) is 0 Å². The largest absolute Gasteiger partial charge is 0.478 e. The van der Waals surface area contributed by atoms with Crippen molar-refractivity contribution in [2.75, 3.05) is 11.4 Å². The summed E-state index contributed by atoms with van der Waals surface area (Å²) < 4.78 is 0.818. The van der Waals surface area contributed by atoms with Gasteiger partial charge in [-0.25, -0.2) is 4.79 Å². The molecule has 1 saturated carbocycles. The van der Waals surface area contributed by atoms with Crippen molar-refractivity contribution in [3.8, 4) is 0 Å². The Kier molecular flexibility index (Phi) is 3.95. The summed E-state index contributed by atoms with van der Waals surface area (Å²) >= 11 is 3.39. The van der Waals surface area contributed by atoms with Crippen molar-refractivity contribution >= 4 is 27.6 Å². The SMILES string of the molecule is CC(C)N(CC1CC1)c1cc(Br)cc(C(=O)O)c1. The number of nitrogens with zero attached hydrogens (tertiary/aromatic N) is 1. The molecule has 1 aliphatic rings. The van der Waals surface area contributed by atoms with E-state index in [4.69, 9.17) is 5.11 Å². The molecule has 98 valence electrons. The van der Waals surface area contributed by atoms with E-state index >= 15 is 0 Å². The van der Waals surface area contributed by atoms with Crippen molar-refractivity contribution in [3.63, 3.8) is 0 Å². The Balaban J connectivity index is 2.30. The fourth-order valence-electron chi connectivity index (χ4n) is 2.06. The number of anilines is 1. The number of hydrogen-bond acceptors (Lipinski definition) is 2. The number of rotatable bonds is 5. The summed E-state index contributed by atoms with van der Waals surface area (Å²) in [5, 5.41) is 9.11. The van der Waals surface area contributed by atoms with Gasteiger partial charge in [-0.05, 0) is 50.8 Å². The molecule has 2 rings (SSSR count). The minimum Gasteiger partial charge on any atom is -0.478 e. The number of hydrogen-bond donors (Lipinski definition) is 1. The van der Waals surface area contributed by atoms with E-state index in [0.717, 1.165) is 22.6 Å². The predicted molar refractivity (Wildman–Crippen MR) is 76.3 cm³/mol. The monoisotopic (exact) mass is 311 g/mol. The van der Waals surface area contributed by atoms with Crippen LogP contribution in [0.15, 0.2) is 22.7 Å². The van der Waals surface area contributed by atoms with Gasteiger partial charge in [-0.15, -0.1) is 0 Å². The molecule has 1 aromatic carbocycles. The molecule has 0 bridgehead atoms. The quantitative estimate of drug-likeness (QED) is 0.899. The second-order valence-corrected chi connectivity index (χ2v) is 6.11. The van der Waals surface area contributed by atoms with Gasteiger partial charge < -0.3 is 10.0 Å². The average Bonchev–Trinajstić information content (AvgIpc) is 3.08. The van der Waals surface area contributed by atoms with Crippen LogP contribution in [0.1, 0.15) is 37.0 Å². The molecule has 4 heteroatoms. The molecule has 0 radical (unpaired) electrons. The Morgan fingerprint density at radius 1 is 1.44 bits per heavy atom. The van der Waals surface area contributed by atoms with E-state index in [1.807, 2.05) is 6.07 Å². The first-order valence-electron chi connectivity index (χ1n) is 6.28. The topological polar surface area (TPSA) is 40.5 Å². The van der Waals surface area contributed by atoms with E-state index in [1.165, 1.54) is 12.8 Å². The summed E-state index contributed by atoms with van der Waals surface area (Å²) in [6, 6.07) is 5.77. The van der Waals surface area contributed by atoms with Crippen LogP contribution in [0.2, 0.25) is 0 Å². The lowest BCUT2D eigenvalue weighted by Crippen LogP contribution is -2.32.